The third-order valence-corrected chi connectivity index (χ3v) is 5.73. The van der Waals surface area contributed by atoms with Gasteiger partial charge < -0.3 is 4.90 Å². The van der Waals surface area contributed by atoms with Gasteiger partial charge in [-0.05, 0) is 61.0 Å². The van der Waals surface area contributed by atoms with Gasteiger partial charge in [0, 0.05) is 31.9 Å². The summed E-state index contributed by atoms with van der Waals surface area (Å²) in [5.74, 6) is 0.630. The van der Waals surface area contributed by atoms with E-state index in [2.05, 4.69) is 37.5 Å². The largest absolute Gasteiger partial charge is 0.416 e. The number of halogens is 3. The number of alkyl halides is 3. The maximum absolute atomic E-state index is 13.1. The standard InChI is InChI=1S/C23H27F3N6/c1-22(2,3)32-21(27-28-29-32)20(17-9-11-18(12-10-17)23(24,25)26)31-15-13-30(14-16-31)19-7-5-4-6-8-19/h4-12,20H,13-16H2,1-3H3/t20-/m0/s1. The van der Waals surface area contributed by atoms with Crippen LogP contribution < -0.4 is 4.90 Å². The minimum atomic E-state index is -4.37. The number of hydrogen-bond donors (Lipinski definition) is 0. The van der Waals surface area contributed by atoms with Crippen LogP contribution in [0.4, 0.5) is 18.9 Å². The van der Waals surface area contributed by atoms with E-state index in [0.29, 0.717) is 5.82 Å². The van der Waals surface area contributed by atoms with Gasteiger partial charge in [0.05, 0.1) is 17.1 Å². The van der Waals surface area contributed by atoms with Crippen LogP contribution in [-0.2, 0) is 11.7 Å². The number of aromatic nitrogens is 4. The molecule has 1 aromatic heterocycles. The third kappa shape index (κ3) is 4.62. The van der Waals surface area contributed by atoms with Crippen LogP contribution >= 0.6 is 0 Å². The Bertz CT molecular complexity index is 1020. The van der Waals surface area contributed by atoms with Gasteiger partial charge in [-0.1, -0.05) is 30.3 Å². The molecule has 0 saturated carbocycles. The van der Waals surface area contributed by atoms with Gasteiger partial charge in [-0.25, -0.2) is 4.68 Å². The number of piperazine rings is 1. The van der Waals surface area contributed by atoms with Crippen molar-refractivity contribution in [1.82, 2.24) is 25.1 Å². The normalized spacial score (nSPS) is 16.9. The Labute approximate surface area is 185 Å². The summed E-state index contributed by atoms with van der Waals surface area (Å²) in [5, 5.41) is 12.4. The molecule has 32 heavy (non-hydrogen) atoms. The summed E-state index contributed by atoms with van der Waals surface area (Å²) in [7, 11) is 0. The summed E-state index contributed by atoms with van der Waals surface area (Å²) in [4.78, 5) is 4.56. The smallest absolute Gasteiger partial charge is 0.369 e. The first-order valence-electron chi connectivity index (χ1n) is 10.6. The van der Waals surface area contributed by atoms with E-state index in [9.17, 15) is 13.2 Å². The van der Waals surface area contributed by atoms with Crippen molar-refractivity contribution in [3.63, 3.8) is 0 Å². The monoisotopic (exact) mass is 444 g/mol. The van der Waals surface area contributed by atoms with Crippen molar-refractivity contribution in [2.45, 2.75) is 38.5 Å². The molecule has 1 fully saturated rings. The minimum Gasteiger partial charge on any atom is -0.369 e. The van der Waals surface area contributed by atoms with Crippen LogP contribution in [0, 0.1) is 0 Å². The highest BCUT2D eigenvalue weighted by atomic mass is 19.4. The third-order valence-electron chi connectivity index (χ3n) is 5.73. The fourth-order valence-corrected chi connectivity index (χ4v) is 4.10. The van der Waals surface area contributed by atoms with Gasteiger partial charge in [0.1, 0.15) is 0 Å². The van der Waals surface area contributed by atoms with Crippen molar-refractivity contribution >= 4 is 5.69 Å². The highest BCUT2D eigenvalue weighted by molar-refractivity contribution is 5.46. The molecule has 0 unspecified atom stereocenters. The Hall–Kier alpha value is -2.94. The van der Waals surface area contributed by atoms with E-state index in [1.807, 2.05) is 39.0 Å². The van der Waals surface area contributed by atoms with Crippen molar-refractivity contribution in [1.29, 1.82) is 0 Å². The number of nitrogens with zero attached hydrogens (tertiary/aromatic N) is 6. The number of hydrogen-bond acceptors (Lipinski definition) is 5. The van der Waals surface area contributed by atoms with Gasteiger partial charge in [0.15, 0.2) is 5.82 Å². The minimum absolute atomic E-state index is 0.343. The summed E-state index contributed by atoms with van der Waals surface area (Å²) in [6.07, 6.45) is -4.37. The lowest BCUT2D eigenvalue weighted by Crippen LogP contribution is -2.48. The zero-order valence-corrected chi connectivity index (χ0v) is 18.4. The second-order valence-corrected chi connectivity index (χ2v) is 9.00. The van der Waals surface area contributed by atoms with Crippen molar-refractivity contribution < 1.29 is 13.2 Å². The molecule has 1 atom stereocenters. The van der Waals surface area contributed by atoms with E-state index < -0.39 is 11.7 Å². The number of benzene rings is 2. The summed E-state index contributed by atoms with van der Waals surface area (Å²) >= 11 is 0. The first-order chi connectivity index (χ1) is 15.1. The molecule has 1 aliphatic heterocycles. The Morgan fingerprint density at radius 3 is 2.03 bits per heavy atom. The molecule has 2 aromatic carbocycles. The molecule has 1 saturated heterocycles. The van der Waals surface area contributed by atoms with Crippen LogP contribution in [0.25, 0.3) is 0 Å². The predicted octanol–water partition coefficient (Wildman–Crippen LogP) is 4.36. The Balaban J connectivity index is 1.66. The van der Waals surface area contributed by atoms with Gasteiger partial charge in [-0.15, -0.1) is 5.10 Å². The van der Waals surface area contributed by atoms with E-state index >= 15 is 0 Å². The number of rotatable bonds is 4. The summed E-state index contributed by atoms with van der Waals surface area (Å²) in [6, 6.07) is 15.2. The van der Waals surface area contributed by atoms with Gasteiger partial charge in [-0.2, -0.15) is 13.2 Å². The summed E-state index contributed by atoms with van der Waals surface area (Å²) in [5.41, 5.74) is 0.878. The van der Waals surface area contributed by atoms with E-state index in [0.717, 1.165) is 49.6 Å². The topological polar surface area (TPSA) is 50.1 Å². The molecule has 0 aliphatic carbocycles. The van der Waals surface area contributed by atoms with E-state index in [1.165, 1.54) is 0 Å². The molecule has 9 heteroatoms. The van der Waals surface area contributed by atoms with Crippen LogP contribution in [0.15, 0.2) is 54.6 Å². The van der Waals surface area contributed by atoms with Gasteiger partial charge in [0.2, 0.25) is 0 Å². The molecule has 0 amide bonds. The van der Waals surface area contributed by atoms with E-state index in [-0.39, 0.29) is 11.6 Å². The molecule has 0 bridgehead atoms. The van der Waals surface area contributed by atoms with E-state index in [4.69, 9.17) is 0 Å². The van der Waals surface area contributed by atoms with Crippen LogP contribution in [0.3, 0.4) is 0 Å². The Morgan fingerprint density at radius 2 is 1.47 bits per heavy atom. The average Bonchev–Trinajstić information content (AvgIpc) is 3.25. The predicted molar refractivity (Wildman–Crippen MR) is 116 cm³/mol. The number of anilines is 1. The fraction of sp³-hybridized carbons (Fsp3) is 0.435. The Morgan fingerprint density at radius 1 is 0.844 bits per heavy atom. The Kier molecular flexibility index (Phi) is 5.94. The van der Waals surface area contributed by atoms with Crippen LogP contribution in [-0.4, -0.2) is 51.3 Å². The molecule has 0 N–H and O–H groups in total. The molecule has 0 spiro atoms. The van der Waals surface area contributed by atoms with Crippen molar-refractivity contribution in [2.24, 2.45) is 0 Å². The summed E-state index contributed by atoms with van der Waals surface area (Å²) < 4.78 is 41.1. The second kappa shape index (κ2) is 8.54. The molecule has 170 valence electrons. The maximum Gasteiger partial charge on any atom is 0.416 e. The zero-order valence-electron chi connectivity index (χ0n) is 18.4. The molecule has 4 rings (SSSR count). The highest BCUT2D eigenvalue weighted by Gasteiger charge is 2.35. The lowest BCUT2D eigenvalue weighted by molar-refractivity contribution is -0.137. The quantitative estimate of drug-likeness (QED) is 0.599. The molecule has 2 heterocycles. The fourth-order valence-electron chi connectivity index (χ4n) is 4.10. The van der Waals surface area contributed by atoms with Gasteiger partial charge >= 0.3 is 6.18 Å². The second-order valence-electron chi connectivity index (χ2n) is 9.00. The maximum atomic E-state index is 13.1. The molecular formula is C23H27F3N6. The zero-order chi connectivity index (χ0) is 22.9. The lowest BCUT2D eigenvalue weighted by atomic mass is 10.00. The number of tetrazole rings is 1. The molecule has 6 nitrogen and oxygen atoms in total. The van der Waals surface area contributed by atoms with Crippen LogP contribution in [0.1, 0.15) is 43.8 Å². The van der Waals surface area contributed by atoms with Crippen LogP contribution in [0.5, 0.6) is 0 Å². The first kappa shape index (κ1) is 22.3. The lowest BCUT2D eigenvalue weighted by Gasteiger charge is -2.40. The average molecular weight is 445 g/mol. The van der Waals surface area contributed by atoms with Crippen LogP contribution in [0.2, 0.25) is 0 Å². The van der Waals surface area contributed by atoms with Crippen molar-refractivity contribution in [3.8, 4) is 0 Å². The first-order valence-corrected chi connectivity index (χ1v) is 10.6. The van der Waals surface area contributed by atoms with Gasteiger partial charge in [-0.3, -0.25) is 4.90 Å². The van der Waals surface area contributed by atoms with Gasteiger partial charge in [0.25, 0.3) is 0 Å². The van der Waals surface area contributed by atoms with Crippen molar-refractivity contribution in [3.05, 3.63) is 71.5 Å². The summed E-state index contributed by atoms with van der Waals surface area (Å²) in [6.45, 7) is 9.09. The highest BCUT2D eigenvalue weighted by Crippen LogP contribution is 2.34. The van der Waals surface area contributed by atoms with E-state index in [1.54, 1.807) is 16.8 Å². The molecular weight excluding hydrogens is 417 g/mol. The molecule has 1 aliphatic rings. The molecule has 0 radical (unpaired) electrons. The van der Waals surface area contributed by atoms with Crippen molar-refractivity contribution in [2.75, 3.05) is 31.1 Å². The SMILES string of the molecule is CC(C)(C)n1nnnc1[C@H](c1ccc(C(F)(F)F)cc1)N1CCN(c2ccccc2)CC1. The number of para-hydroxylation sites is 1. The molecule has 3 aromatic rings.